The molecule has 0 radical (unpaired) electrons. The molecule has 0 spiro atoms. The van der Waals surface area contributed by atoms with E-state index in [-0.39, 0.29) is 0 Å². The van der Waals surface area contributed by atoms with Gasteiger partial charge in [0, 0.05) is 6.54 Å². The normalized spacial score (nSPS) is 33.4. The molecule has 1 N–H and O–H groups in total. The van der Waals surface area contributed by atoms with Crippen LogP contribution in [0.5, 0.6) is 0 Å². The van der Waals surface area contributed by atoms with Gasteiger partial charge in [0.1, 0.15) is 0 Å². The fraction of sp³-hybridized carbons (Fsp3) is 1.00. The lowest BCUT2D eigenvalue weighted by atomic mass is 9.76. The van der Waals surface area contributed by atoms with E-state index >= 15 is 0 Å². The van der Waals surface area contributed by atoms with E-state index in [0.29, 0.717) is 17.6 Å². The van der Waals surface area contributed by atoms with Crippen LogP contribution in [0.15, 0.2) is 0 Å². The summed E-state index contributed by atoms with van der Waals surface area (Å²) in [5.74, 6) is 0. The molecule has 1 aliphatic heterocycles. The summed E-state index contributed by atoms with van der Waals surface area (Å²) in [7, 11) is 0. The maximum absolute atomic E-state index is 6.08. The molecule has 2 rings (SSSR count). The Labute approximate surface area is 87.4 Å². The summed E-state index contributed by atoms with van der Waals surface area (Å²) in [6.07, 6.45) is 7.46. The molecular formula is C12H23NO. The molecule has 2 heteroatoms. The highest BCUT2D eigenvalue weighted by atomic mass is 16.5. The molecule has 1 heterocycles. The first-order valence-corrected chi connectivity index (χ1v) is 6.02. The van der Waals surface area contributed by atoms with Gasteiger partial charge in [0.15, 0.2) is 0 Å². The van der Waals surface area contributed by atoms with E-state index in [4.69, 9.17) is 4.74 Å². The molecule has 0 bridgehead atoms. The summed E-state index contributed by atoms with van der Waals surface area (Å²) in [6.45, 7) is 6.96. The van der Waals surface area contributed by atoms with Crippen molar-refractivity contribution < 1.29 is 4.74 Å². The Morgan fingerprint density at radius 1 is 1.07 bits per heavy atom. The van der Waals surface area contributed by atoms with Crippen LogP contribution in [0.3, 0.4) is 0 Å². The Kier molecular flexibility index (Phi) is 3.13. The van der Waals surface area contributed by atoms with Crippen LogP contribution in [0.25, 0.3) is 0 Å². The molecule has 0 amide bonds. The van der Waals surface area contributed by atoms with Crippen molar-refractivity contribution in [2.24, 2.45) is 5.41 Å². The second kappa shape index (κ2) is 4.19. The van der Waals surface area contributed by atoms with Gasteiger partial charge in [-0.15, -0.1) is 0 Å². The highest BCUT2D eigenvalue weighted by molar-refractivity contribution is 4.81. The minimum absolute atomic E-state index is 0.501. The van der Waals surface area contributed by atoms with Crippen LogP contribution in [0.2, 0.25) is 0 Å². The molecular weight excluding hydrogens is 174 g/mol. The lowest BCUT2D eigenvalue weighted by Crippen LogP contribution is -2.30. The fourth-order valence-corrected chi connectivity index (χ4v) is 2.53. The third-order valence-electron chi connectivity index (χ3n) is 3.69. The van der Waals surface area contributed by atoms with E-state index in [1.807, 2.05) is 0 Å². The summed E-state index contributed by atoms with van der Waals surface area (Å²) in [5, 5.41) is 3.35. The topological polar surface area (TPSA) is 21.3 Å². The first-order chi connectivity index (χ1) is 6.66. The SMILES string of the molecule is CC1(C)CCC(OC2CCNC2)CC1. The fourth-order valence-electron chi connectivity index (χ4n) is 2.53. The Morgan fingerprint density at radius 3 is 2.36 bits per heavy atom. The number of rotatable bonds is 2. The molecule has 1 saturated heterocycles. The average Bonchev–Trinajstić information content (AvgIpc) is 2.61. The van der Waals surface area contributed by atoms with Gasteiger partial charge < -0.3 is 10.1 Å². The predicted molar refractivity (Wildman–Crippen MR) is 58.4 cm³/mol. The van der Waals surface area contributed by atoms with E-state index in [1.165, 1.54) is 32.1 Å². The third kappa shape index (κ3) is 2.71. The molecule has 0 aromatic heterocycles. The Bertz CT molecular complexity index is 175. The van der Waals surface area contributed by atoms with Crippen molar-refractivity contribution in [1.29, 1.82) is 0 Å². The second-order valence-corrected chi connectivity index (χ2v) is 5.61. The molecule has 2 aliphatic rings. The zero-order valence-corrected chi connectivity index (χ0v) is 9.51. The van der Waals surface area contributed by atoms with E-state index in [1.54, 1.807) is 0 Å². The zero-order chi connectivity index (χ0) is 10.0. The molecule has 1 atom stereocenters. The first-order valence-electron chi connectivity index (χ1n) is 6.02. The van der Waals surface area contributed by atoms with Crippen molar-refractivity contribution in [1.82, 2.24) is 5.32 Å². The van der Waals surface area contributed by atoms with Gasteiger partial charge in [0.25, 0.3) is 0 Å². The lowest BCUT2D eigenvalue weighted by molar-refractivity contribution is -0.0364. The molecule has 1 saturated carbocycles. The van der Waals surface area contributed by atoms with E-state index < -0.39 is 0 Å². The van der Waals surface area contributed by atoms with Crippen LogP contribution in [-0.4, -0.2) is 25.3 Å². The minimum Gasteiger partial charge on any atom is -0.374 e. The number of nitrogens with one attached hydrogen (secondary N) is 1. The zero-order valence-electron chi connectivity index (χ0n) is 9.51. The van der Waals surface area contributed by atoms with Crippen LogP contribution >= 0.6 is 0 Å². The standard InChI is InChI=1S/C12H23NO/c1-12(2)6-3-10(4-7-12)14-11-5-8-13-9-11/h10-11,13H,3-9H2,1-2H3. The van der Waals surface area contributed by atoms with Gasteiger partial charge in [0.2, 0.25) is 0 Å². The monoisotopic (exact) mass is 197 g/mol. The Morgan fingerprint density at radius 2 is 1.79 bits per heavy atom. The first kappa shape index (κ1) is 10.4. The summed E-state index contributed by atoms with van der Waals surface area (Å²) in [6, 6.07) is 0. The molecule has 2 fully saturated rings. The average molecular weight is 197 g/mol. The van der Waals surface area contributed by atoms with Gasteiger partial charge >= 0.3 is 0 Å². The largest absolute Gasteiger partial charge is 0.374 e. The van der Waals surface area contributed by atoms with Gasteiger partial charge in [-0.25, -0.2) is 0 Å². The summed E-state index contributed by atoms with van der Waals surface area (Å²) in [4.78, 5) is 0. The van der Waals surface area contributed by atoms with Crippen molar-refractivity contribution in [2.75, 3.05) is 13.1 Å². The maximum Gasteiger partial charge on any atom is 0.0715 e. The van der Waals surface area contributed by atoms with Crippen molar-refractivity contribution in [3.8, 4) is 0 Å². The predicted octanol–water partition coefficient (Wildman–Crippen LogP) is 2.33. The molecule has 1 aliphatic carbocycles. The smallest absolute Gasteiger partial charge is 0.0715 e. The maximum atomic E-state index is 6.08. The second-order valence-electron chi connectivity index (χ2n) is 5.61. The van der Waals surface area contributed by atoms with Crippen LogP contribution in [-0.2, 0) is 4.74 Å². The highest BCUT2D eigenvalue weighted by Gasteiger charge is 2.29. The summed E-state index contributed by atoms with van der Waals surface area (Å²) in [5.41, 5.74) is 0.563. The van der Waals surface area contributed by atoms with Crippen molar-refractivity contribution in [2.45, 2.75) is 58.2 Å². The molecule has 1 unspecified atom stereocenters. The molecule has 82 valence electrons. The number of hydrogen-bond acceptors (Lipinski definition) is 2. The van der Waals surface area contributed by atoms with Crippen molar-refractivity contribution >= 4 is 0 Å². The molecule has 14 heavy (non-hydrogen) atoms. The van der Waals surface area contributed by atoms with Crippen LogP contribution in [0, 0.1) is 5.41 Å². The summed E-state index contributed by atoms with van der Waals surface area (Å²) < 4.78 is 6.08. The van der Waals surface area contributed by atoms with Crippen LogP contribution in [0.4, 0.5) is 0 Å². The third-order valence-corrected chi connectivity index (χ3v) is 3.69. The van der Waals surface area contributed by atoms with Gasteiger partial charge in [-0.2, -0.15) is 0 Å². The van der Waals surface area contributed by atoms with Gasteiger partial charge in [0.05, 0.1) is 12.2 Å². The van der Waals surface area contributed by atoms with E-state index in [9.17, 15) is 0 Å². The Hall–Kier alpha value is -0.0800. The van der Waals surface area contributed by atoms with E-state index in [0.717, 1.165) is 13.1 Å². The highest BCUT2D eigenvalue weighted by Crippen LogP contribution is 2.36. The summed E-state index contributed by atoms with van der Waals surface area (Å²) >= 11 is 0. The van der Waals surface area contributed by atoms with Crippen molar-refractivity contribution in [3.05, 3.63) is 0 Å². The van der Waals surface area contributed by atoms with Crippen LogP contribution < -0.4 is 5.32 Å². The lowest BCUT2D eigenvalue weighted by Gasteiger charge is -2.35. The van der Waals surface area contributed by atoms with Crippen LogP contribution in [0.1, 0.15) is 46.0 Å². The molecule has 2 nitrogen and oxygen atoms in total. The minimum atomic E-state index is 0.501. The van der Waals surface area contributed by atoms with Gasteiger partial charge in [-0.1, -0.05) is 13.8 Å². The van der Waals surface area contributed by atoms with Crippen molar-refractivity contribution in [3.63, 3.8) is 0 Å². The van der Waals surface area contributed by atoms with E-state index in [2.05, 4.69) is 19.2 Å². The molecule has 0 aromatic rings. The Balaban J connectivity index is 1.72. The number of hydrogen-bond donors (Lipinski definition) is 1. The van der Waals surface area contributed by atoms with Gasteiger partial charge in [-0.05, 0) is 44.1 Å². The quantitative estimate of drug-likeness (QED) is 0.733. The number of ether oxygens (including phenoxy) is 1. The molecule has 0 aromatic carbocycles. The van der Waals surface area contributed by atoms with Gasteiger partial charge in [-0.3, -0.25) is 0 Å².